The van der Waals surface area contributed by atoms with Crippen LogP contribution in [-0.4, -0.2) is 27.3 Å². The maximum absolute atomic E-state index is 12.7. The Balaban J connectivity index is 3.92. The van der Waals surface area contributed by atoms with Crippen LogP contribution >= 0.6 is 0 Å². The molecular weight excluding hydrogens is 332 g/mol. The predicted molar refractivity (Wildman–Crippen MR) is 94.3 cm³/mol. The van der Waals surface area contributed by atoms with Gasteiger partial charge in [0.1, 0.15) is 0 Å². The van der Waals surface area contributed by atoms with Crippen LogP contribution in [0.4, 0.5) is 0 Å². The molecule has 0 N–H and O–H groups in total. The third-order valence-electron chi connectivity index (χ3n) is 4.04. The van der Waals surface area contributed by atoms with Crippen molar-refractivity contribution in [1.82, 2.24) is 0 Å². The summed E-state index contributed by atoms with van der Waals surface area (Å²) in [6.07, 6.45) is 2.68. The van der Waals surface area contributed by atoms with Gasteiger partial charge < -0.3 is 0 Å². The Hall–Kier alpha value is -1.40. The van der Waals surface area contributed by atoms with Gasteiger partial charge in [0.05, 0.1) is 20.3 Å². The minimum Gasteiger partial charge on any atom is -0.223 e. The fourth-order valence-electron chi connectivity index (χ4n) is 2.65. The summed E-state index contributed by atoms with van der Waals surface area (Å²) in [6, 6.07) is 1.61. The van der Waals surface area contributed by atoms with Gasteiger partial charge in [0.25, 0.3) is 0 Å². The third-order valence-corrected chi connectivity index (χ3v) is 8.78. The van der Waals surface area contributed by atoms with Crippen LogP contribution in [0.15, 0.2) is 41.2 Å². The monoisotopic (exact) mass is 356 g/mol. The summed E-state index contributed by atoms with van der Waals surface area (Å²) in [7, 11) is -7.38. The Labute approximate surface area is 139 Å². The highest BCUT2D eigenvalue weighted by molar-refractivity contribution is 7.93. The Morgan fingerprint density at radius 3 is 1.39 bits per heavy atom. The minimum absolute atomic E-state index is 0.0744. The highest BCUT2D eigenvalue weighted by atomic mass is 32.2. The van der Waals surface area contributed by atoms with E-state index in [1.165, 1.54) is 26.0 Å². The van der Waals surface area contributed by atoms with Gasteiger partial charge >= 0.3 is 0 Å². The lowest BCUT2D eigenvalue weighted by molar-refractivity contribution is 0.586. The van der Waals surface area contributed by atoms with Crippen LogP contribution in [0.25, 0.3) is 0 Å². The maximum atomic E-state index is 12.7. The second kappa shape index (κ2) is 6.61. The van der Waals surface area contributed by atoms with Gasteiger partial charge in [-0.3, -0.25) is 0 Å². The van der Waals surface area contributed by atoms with E-state index in [0.717, 1.165) is 0 Å². The van der Waals surface area contributed by atoms with Crippen molar-refractivity contribution in [2.75, 3.05) is 0 Å². The summed E-state index contributed by atoms with van der Waals surface area (Å²) >= 11 is 0. The van der Waals surface area contributed by atoms with E-state index < -0.39 is 30.2 Å². The highest BCUT2D eigenvalue weighted by Crippen LogP contribution is 2.33. The zero-order chi connectivity index (χ0) is 18.2. The summed E-state index contributed by atoms with van der Waals surface area (Å²) < 4.78 is 51.0. The van der Waals surface area contributed by atoms with Crippen molar-refractivity contribution in [3.8, 4) is 0 Å². The molecule has 0 aromatic heterocycles. The topological polar surface area (TPSA) is 68.3 Å². The van der Waals surface area contributed by atoms with Crippen molar-refractivity contribution < 1.29 is 16.8 Å². The zero-order valence-corrected chi connectivity index (χ0v) is 15.9. The van der Waals surface area contributed by atoms with Gasteiger partial charge in [-0.2, -0.15) is 0 Å². The molecule has 2 unspecified atom stereocenters. The molecule has 0 saturated carbocycles. The largest absolute Gasteiger partial charge is 0.223 e. The van der Waals surface area contributed by atoms with Gasteiger partial charge in [0.15, 0.2) is 19.7 Å². The molecule has 0 aliphatic rings. The molecule has 0 saturated heterocycles. The molecule has 4 nitrogen and oxygen atoms in total. The summed E-state index contributed by atoms with van der Waals surface area (Å²) in [6.45, 7) is 15.0. The molecule has 1 aromatic rings. The molecule has 0 bridgehead atoms. The molecular formula is C17H24O4S2. The van der Waals surface area contributed by atoms with Gasteiger partial charge in [-0.25, -0.2) is 16.8 Å². The second-order valence-corrected chi connectivity index (χ2v) is 10.2. The molecule has 2 atom stereocenters. The molecule has 0 amide bonds. The van der Waals surface area contributed by atoms with E-state index in [0.29, 0.717) is 11.1 Å². The van der Waals surface area contributed by atoms with Crippen LogP contribution in [0.5, 0.6) is 0 Å². The van der Waals surface area contributed by atoms with E-state index in [1.54, 1.807) is 26.8 Å². The highest BCUT2D eigenvalue weighted by Gasteiger charge is 2.32. The van der Waals surface area contributed by atoms with Gasteiger partial charge in [-0.1, -0.05) is 18.2 Å². The summed E-state index contributed by atoms with van der Waals surface area (Å²) in [5.41, 5.74) is 1.35. The lowest BCUT2D eigenvalue weighted by Crippen LogP contribution is -2.22. The second-order valence-electron chi connectivity index (χ2n) is 5.77. The fourth-order valence-corrected chi connectivity index (χ4v) is 6.04. The Morgan fingerprint density at radius 1 is 0.826 bits per heavy atom. The van der Waals surface area contributed by atoms with Gasteiger partial charge in [0.2, 0.25) is 0 Å². The number of benzene rings is 1. The first-order valence-corrected chi connectivity index (χ1v) is 10.4. The van der Waals surface area contributed by atoms with Gasteiger partial charge in [-0.05, 0) is 51.3 Å². The molecule has 0 aliphatic carbocycles. The van der Waals surface area contributed by atoms with E-state index in [2.05, 4.69) is 13.2 Å². The summed E-state index contributed by atoms with van der Waals surface area (Å²) in [5.74, 6) is 0. The van der Waals surface area contributed by atoms with Crippen LogP contribution in [0.1, 0.15) is 30.5 Å². The fraction of sp³-hybridized carbons (Fsp3) is 0.412. The minimum atomic E-state index is -3.69. The van der Waals surface area contributed by atoms with Crippen LogP contribution in [0.2, 0.25) is 0 Å². The van der Waals surface area contributed by atoms with Crippen molar-refractivity contribution in [2.45, 2.75) is 54.9 Å². The first-order chi connectivity index (χ1) is 10.4. The zero-order valence-electron chi connectivity index (χ0n) is 14.3. The molecule has 0 radical (unpaired) electrons. The first kappa shape index (κ1) is 19.6. The number of hydrogen-bond acceptors (Lipinski definition) is 4. The van der Waals surface area contributed by atoms with E-state index in [9.17, 15) is 16.8 Å². The van der Waals surface area contributed by atoms with Crippen LogP contribution in [-0.2, 0) is 19.7 Å². The van der Waals surface area contributed by atoms with Crippen molar-refractivity contribution >= 4 is 19.7 Å². The average molecular weight is 357 g/mol. The number of rotatable bonds is 6. The van der Waals surface area contributed by atoms with Gasteiger partial charge in [-0.15, -0.1) is 13.2 Å². The maximum Gasteiger partial charge on any atom is 0.185 e. The number of hydrogen-bond donors (Lipinski definition) is 0. The molecule has 0 aliphatic heterocycles. The Bertz CT molecular complexity index is 779. The van der Waals surface area contributed by atoms with E-state index in [-0.39, 0.29) is 15.4 Å². The molecule has 0 spiro atoms. The van der Waals surface area contributed by atoms with Gasteiger partial charge in [0, 0.05) is 0 Å². The Morgan fingerprint density at radius 2 is 1.13 bits per heavy atom. The average Bonchev–Trinajstić information content (AvgIpc) is 2.43. The number of aryl methyl sites for hydroxylation is 2. The lowest BCUT2D eigenvalue weighted by atomic mass is 10.1. The third kappa shape index (κ3) is 3.28. The molecule has 0 heterocycles. The predicted octanol–water partition coefficient (Wildman–Crippen LogP) is 3.31. The molecule has 128 valence electrons. The standard InChI is InChI=1S/C17H24O4S2/c1-8-13(5)22(18,19)16-11(3)10-12(4)17(15(16)7)23(20,21)14(6)9-2/h8-10,13-14H,1-2H2,3-7H3. The summed E-state index contributed by atoms with van der Waals surface area (Å²) in [4.78, 5) is 0.149. The van der Waals surface area contributed by atoms with Crippen LogP contribution in [0, 0.1) is 20.8 Å². The molecule has 0 fully saturated rings. The number of sulfone groups is 2. The molecule has 6 heteroatoms. The van der Waals surface area contributed by atoms with Crippen molar-refractivity contribution in [1.29, 1.82) is 0 Å². The normalized spacial score (nSPS) is 15.0. The first-order valence-electron chi connectivity index (χ1n) is 7.26. The van der Waals surface area contributed by atoms with Crippen LogP contribution in [0.3, 0.4) is 0 Å². The molecule has 1 aromatic carbocycles. The molecule has 23 heavy (non-hydrogen) atoms. The van der Waals surface area contributed by atoms with E-state index in [4.69, 9.17) is 0 Å². The van der Waals surface area contributed by atoms with Crippen molar-refractivity contribution in [2.24, 2.45) is 0 Å². The van der Waals surface area contributed by atoms with E-state index in [1.807, 2.05) is 0 Å². The van der Waals surface area contributed by atoms with Crippen molar-refractivity contribution in [3.63, 3.8) is 0 Å². The summed E-state index contributed by atoms with van der Waals surface area (Å²) in [5, 5.41) is -1.59. The van der Waals surface area contributed by atoms with Crippen molar-refractivity contribution in [3.05, 3.63) is 48.1 Å². The smallest absolute Gasteiger partial charge is 0.185 e. The SMILES string of the molecule is C=CC(C)S(=O)(=O)c1c(C)cc(C)c(S(=O)(=O)C(C)C=C)c1C. The lowest BCUT2D eigenvalue weighted by Gasteiger charge is -2.20. The Kier molecular flexibility index (Phi) is 5.65. The quantitative estimate of drug-likeness (QED) is 0.733. The molecule has 1 rings (SSSR count). The van der Waals surface area contributed by atoms with Crippen LogP contribution < -0.4 is 0 Å². The van der Waals surface area contributed by atoms with E-state index >= 15 is 0 Å².